The van der Waals surface area contributed by atoms with Crippen molar-refractivity contribution >= 4 is 21.6 Å². The number of fused-ring (bicyclic) bond motifs is 1. The molecule has 0 saturated carbocycles. The largest absolute Gasteiger partial charge is 0.393 e. The molecule has 0 aromatic carbocycles. The molecule has 1 N–H and O–H groups in total. The van der Waals surface area contributed by atoms with Crippen LogP contribution in [0.2, 0.25) is 0 Å². The monoisotopic (exact) mass is 250 g/mol. The fourth-order valence-electron chi connectivity index (χ4n) is 2.36. The minimum absolute atomic E-state index is 0.0644. The summed E-state index contributed by atoms with van der Waals surface area (Å²) in [5, 5.41) is 11.0. The van der Waals surface area contributed by atoms with Gasteiger partial charge in [-0.25, -0.2) is 9.97 Å². The Bertz CT molecular complexity index is 511. The average molecular weight is 250 g/mol. The molecule has 4 heteroatoms. The van der Waals surface area contributed by atoms with Gasteiger partial charge in [-0.2, -0.15) is 0 Å². The molecule has 2 rings (SSSR count). The summed E-state index contributed by atoms with van der Waals surface area (Å²) in [6.07, 6.45) is 1.21. The van der Waals surface area contributed by atoms with Crippen molar-refractivity contribution in [3.8, 4) is 0 Å². The summed E-state index contributed by atoms with van der Waals surface area (Å²) >= 11 is 1.67. The Labute approximate surface area is 106 Å². The molecule has 0 aliphatic rings. The SMILES string of the molecule is Cc1cc2c(C(C(C)C)C(C)O)ncnc2s1. The second-order valence-electron chi connectivity index (χ2n) is 4.85. The van der Waals surface area contributed by atoms with E-state index in [1.54, 1.807) is 17.7 Å². The molecule has 17 heavy (non-hydrogen) atoms. The van der Waals surface area contributed by atoms with Crippen LogP contribution in [0.1, 0.15) is 37.3 Å². The Morgan fingerprint density at radius 2 is 1.94 bits per heavy atom. The number of hydrogen-bond acceptors (Lipinski definition) is 4. The number of hydrogen-bond donors (Lipinski definition) is 1. The molecule has 92 valence electrons. The standard InChI is InChI=1S/C13H18N2OS/c1-7(2)11(9(4)16)12-10-5-8(3)17-13(10)15-6-14-12/h5-7,9,11,16H,1-4H3. The number of aliphatic hydroxyl groups is 1. The molecular formula is C13H18N2OS. The highest BCUT2D eigenvalue weighted by atomic mass is 32.1. The first-order valence-electron chi connectivity index (χ1n) is 5.89. The maximum absolute atomic E-state index is 9.95. The minimum Gasteiger partial charge on any atom is -0.393 e. The van der Waals surface area contributed by atoms with Crippen molar-refractivity contribution < 1.29 is 5.11 Å². The van der Waals surface area contributed by atoms with E-state index in [-0.39, 0.29) is 5.92 Å². The molecule has 0 fully saturated rings. The van der Waals surface area contributed by atoms with Crippen LogP contribution in [0.3, 0.4) is 0 Å². The van der Waals surface area contributed by atoms with E-state index < -0.39 is 6.10 Å². The molecule has 3 nitrogen and oxygen atoms in total. The lowest BCUT2D eigenvalue weighted by Crippen LogP contribution is -2.21. The molecule has 0 radical (unpaired) electrons. The number of rotatable bonds is 3. The number of thiophene rings is 1. The first kappa shape index (κ1) is 12.5. The Morgan fingerprint density at radius 1 is 1.24 bits per heavy atom. The summed E-state index contributed by atoms with van der Waals surface area (Å²) in [6.45, 7) is 8.13. The second kappa shape index (κ2) is 4.70. The Morgan fingerprint density at radius 3 is 2.53 bits per heavy atom. The number of aryl methyl sites for hydroxylation is 1. The minimum atomic E-state index is -0.395. The summed E-state index contributed by atoms with van der Waals surface area (Å²) in [4.78, 5) is 10.9. The molecule has 2 aromatic heterocycles. The van der Waals surface area contributed by atoms with E-state index in [1.165, 1.54) is 4.88 Å². The van der Waals surface area contributed by atoms with Crippen LogP contribution < -0.4 is 0 Å². The molecular weight excluding hydrogens is 232 g/mol. The maximum Gasteiger partial charge on any atom is 0.127 e. The molecule has 2 aromatic rings. The van der Waals surface area contributed by atoms with E-state index in [0.717, 1.165) is 15.9 Å². The van der Waals surface area contributed by atoms with Gasteiger partial charge in [0, 0.05) is 16.2 Å². The Hall–Kier alpha value is -1.00. The Balaban J connectivity index is 2.60. The molecule has 2 unspecified atom stereocenters. The molecule has 2 heterocycles. The average Bonchev–Trinajstić information content (AvgIpc) is 2.58. The topological polar surface area (TPSA) is 46.0 Å². The van der Waals surface area contributed by atoms with Gasteiger partial charge in [0.15, 0.2) is 0 Å². The van der Waals surface area contributed by atoms with Crippen LogP contribution in [-0.2, 0) is 0 Å². The lowest BCUT2D eigenvalue weighted by molar-refractivity contribution is 0.139. The quantitative estimate of drug-likeness (QED) is 0.910. The molecule has 0 aliphatic carbocycles. The lowest BCUT2D eigenvalue weighted by Gasteiger charge is -2.23. The zero-order valence-corrected chi connectivity index (χ0v) is 11.5. The first-order chi connectivity index (χ1) is 8.00. The van der Waals surface area contributed by atoms with Crippen LogP contribution in [0, 0.1) is 12.8 Å². The molecule has 0 spiro atoms. The van der Waals surface area contributed by atoms with Crippen LogP contribution in [0.4, 0.5) is 0 Å². The fourth-order valence-corrected chi connectivity index (χ4v) is 3.22. The van der Waals surface area contributed by atoms with Crippen molar-refractivity contribution in [3.63, 3.8) is 0 Å². The maximum atomic E-state index is 9.95. The van der Waals surface area contributed by atoms with Crippen LogP contribution in [0.15, 0.2) is 12.4 Å². The molecule has 0 aliphatic heterocycles. The van der Waals surface area contributed by atoms with Crippen LogP contribution in [0.25, 0.3) is 10.2 Å². The van der Waals surface area contributed by atoms with Crippen LogP contribution in [-0.4, -0.2) is 21.2 Å². The molecule has 2 atom stereocenters. The van der Waals surface area contributed by atoms with Gasteiger partial charge < -0.3 is 5.11 Å². The molecule has 0 amide bonds. The van der Waals surface area contributed by atoms with E-state index in [1.807, 2.05) is 6.92 Å². The van der Waals surface area contributed by atoms with Crippen molar-refractivity contribution in [2.45, 2.75) is 39.7 Å². The zero-order chi connectivity index (χ0) is 12.6. The lowest BCUT2D eigenvalue weighted by atomic mass is 9.86. The highest BCUT2D eigenvalue weighted by Crippen LogP contribution is 2.34. The Kier molecular flexibility index (Phi) is 3.45. The van der Waals surface area contributed by atoms with E-state index in [0.29, 0.717) is 5.92 Å². The van der Waals surface area contributed by atoms with Crippen molar-refractivity contribution in [3.05, 3.63) is 23.0 Å². The van der Waals surface area contributed by atoms with Gasteiger partial charge in [-0.3, -0.25) is 0 Å². The predicted molar refractivity (Wildman–Crippen MR) is 71.4 cm³/mol. The molecule has 0 bridgehead atoms. The van der Waals surface area contributed by atoms with Crippen molar-refractivity contribution in [2.75, 3.05) is 0 Å². The van der Waals surface area contributed by atoms with Gasteiger partial charge in [-0.15, -0.1) is 11.3 Å². The van der Waals surface area contributed by atoms with Gasteiger partial charge in [-0.1, -0.05) is 13.8 Å². The summed E-state index contributed by atoms with van der Waals surface area (Å²) in [5.74, 6) is 0.419. The second-order valence-corrected chi connectivity index (χ2v) is 6.08. The van der Waals surface area contributed by atoms with E-state index in [9.17, 15) is 5.11 Å². The normalized spacial score (nSPS) is 15.4. The first-order valence-corrected chi connectivity index (χ1v) is 6.71. The number of aliphatic hydroxyl groups excluding tert-OH is 1. The predicted octanol–water partition coefficient (Wildman–Crippen LogP) is 3.12. The zero-order valence-electron chi connectivity index (χ0n) is 10.6. The van der Waals surface area contributed by atoms with E-state index in [4.69, 9.17) is 0 Å². The third kappa shape index (κ3) is 2.33. The number of aromatic nitrogens is 2. The van der Waals surface area contributed by atoms with E-state index >= 15 is 0 Å². The van der Waals surface area contributed by atoms with Gasteiger partial charge in [0.05, 0.1) is 11.8 Å². The fraction of sp³-hybridized carbons (Fsp3) is 0.538. The highest BCUT2D eigenvalue weighted by molar-refractivity contribution is 7.18. The van der Waals surface area contributed by atoms with Crippen molar-refractivity contribution in [1.82, 2.24) is 9.97 Å². The summed E-state index contributed by atoms with van der Waals surface area (Å²) in [6, 6.07) is 2.12. The van der Waals surface area contributed by atoms with Crippen LogP contribution >= 0.6 is 11.3 Å². The van der Waals surface area contributed by atoms with E-state index in [2.05, 4.69) is 36.8 Å². The summed E-state index contributed by atoms with van der Waals surface area (Å²) in [5.41, 5.74) is 0.976. The summed E-state index contributed by atoms with van der Waals surface area (Å²) < 4.78 is 0. The number of nitrogens with zero attached hydrogens (tertiary/aromatic N) is 2. The summed E-state index contributed by atoms with van der Waals surface area (Å²) in [7, 11) is 0. The van der Waals surface area contributed by atoms with Crippen molar-refractivity contribution in [2.24, 2.45) is 5.92 Å². The van der Waals surface area contributed by atoms with Gasteiger partial charge >= 0.3 is 0 Å². The van der Waals surface area contributed by atoms with Gasteiger partial charge in [-0.05, 0) is 25.8 Å². The van der Waals surface area contributed by atoms with Crippen molar-refractivity contribution in [1.29, 1.82) is 0 Å². The third-order valence-electron chi connectivity index (χ3n) is 3.04. The highest BCUT2D eigenvalue weighted by Gasteiger charge is 2.25. The van der Waals surface area contributed by atoms with Gasteiger partial charge in [0.2, 0.25) is 0 Å². The molecule has 0 saturated heterocycles. The van der Waals surface area contributed by atoms with Gasteiger partial charge in [0.25, 0.3) is 0 Å². The van der Waals surface area contributed by atoms with Crippen LogP contribution in [0.5, 0.6) is 0 Å². The smallest absolute Gasteiger partial charge is 0.127 e. The van der Waals surface area contributed by atoms with Gasteiger partial charge in [0.1, 0.15) is 11.2 Å². The third-order valence-corrected chi connectivity index (χ3v) is 4.00.